The Hall–Kier alpha value is -2.88. The van der Waals surface area contributed by atoms with E-state index in [0.29, 0.717) is 11.4 Å². The maximum absolute atomic E-state index is 12.6. The lowest BCUT2D eigenvalue weighted by molar-refractivity contribution is 0.104. The first kappa shape index (κ1) is 14.1. The summed E-state index contributed by atoms with van der Waals surface area (Å²) in [5.74, 6) is -0.0637. The number of ketones is 1. The first-order chi connectivity index (χ1) is 10.7. The maximum Gasteiger partial charge on any atom is 0.206 e. The average molecular weight is 291 g/mol. The van der Waals surface area contributed by atoms with E-state index in [0.717, 1.165) is 11.2 Å². The first-order valence-corrected chi connectivity index (χ1v) is 7.08. The number of rotatable bonds is 4. The second-order valence-corrected chi connectivity index (χ2v) is 5.25. The SMILES string of the molecule is CN(C)/C=C/C(=O)c1c(-c2ccccc2)nc2ccccn12. The van der Waals surface area contributed by atoms with Crippen LogP contribution in [-0.4, -0.2) is 34.2 Å². The van der Waals surface area contributed by atoms with Gasteiger partial charge in [0, 0.05) is 38.1 Å². The molecule has 0 N–H and O–H groups in total. The van der Waals surface area contributed by atoms with Crippen molar-refractivity contribution in [1.29, 1.82) is 0 Å². The van der Waals surface area contributed by atoms with E-state index in [1.807, 2.05) is 78.1 Å². The van der Waals surface area contributed by atoms with E-state index < -0.39 is 0 Å². The van der Waals surface area contributed by atoms with Gasteiger partial charge in [0.2, 0.25) is 5.78 Å². The predicted octanol–water partition coefficient (Wildman–Crippen LogP) is 3.26. The topological polar surface area (TPSA) is 37.6 Å². The minimum absolute atomic E-state index is 0.0637. The van der Waals surface area contributed by atoms with Crippen LogP contribution in [0.1, 0.15) is 10.5 Å². The lowest BCUT2D eigenvalue weighted by Crippen LogP contribution is -2.06. The van der Waals surface area contributed by atoms with Crippen LogP contribution < -0.4 is 0 Å². The van der Waals surface area contributed by atoms with Crippen molar-refractivity contribution in [2.45, 2.75) is 0 Å². The van der Waals surface area contributed by atoms with E-state index in [1.54, 1.807) is 12.3 Å². The number of pyridine rings is 1. The largest absolute Gasteiger partial charge is 0.383 e. The predicted molar refractivity (Wildman–Crippen MR) is 87.8 cm³/mol. The molecular formula is C18H17N3O. The Bertz CT molecular complexity index is 832. The number of benzene rings is 1. The number of hydrogen-bond acceptors (Lipinski definition) is 3. The quantitative estimate of drug-likeness (QED) is 0.547. The third-order valence-electron chi connectivity index (χ3n) is 3.33. The molecule has 0 aliphatic carbocycles. The van der Waals surface area contributed by atoms with Crippen LogP contribution in [0.5, 0.6) is 0 Å². The van der Waals surface area contributed by atoms with Gasteiger partial charge in [-0.3, -0.25) is 9.20 Å². The number of nitrogens with zero attached hydrogens (tertiary/aromatic N) is 3. The molecule has 0 radical (unpaired) electrons. The molecule has 22 heavy (non-hydrogen) atoms. The fourth-order valence-electron chi connectivity index (χ4n) is 2.32. The summed E-state index contributed by atoms with van der Waals surface area (Å²) >= 11 is 0. The van der Waals surface area contributed by atoms with Crippen LogP contribution >= 0.6 is 0 Å². The molecule has 0 spiro atoms. The Kier molecular flexibility index (Phi) is 3.74. The number of carbonyl (C=O) groups is 1. The standard InChI is InChI=1S/C18H17N3O/c1-20(2)13-11-15(22)18-17(14-8-4-3-5-9-14)19-16-10-6-7-12-21(16)18/h3-13H,1-2H3/b13-11+. The molecule has 0 atom stereocenters. The molecule has 4 nitrogen and oxygen atoms in total. The highest BCUT2D eigenvalue weighted by Crippen LogP contribution is 2.25. The van der Waals surface area contributed by atoms with Gasteiger partial charge in [0.05, 0.1) is 0 Å². The Balaban J connectivity index is 2.20. The zero-order valence-electron chi connectivity index (χ0n) is 12.6. The zero-order valence-corrected chi connectivity index (χ0v) is 12.6. The van der Waals surface area contributed by atoms with E-state index >= 15 is 0 Å². The molecule has 0 bridgehead atoms. The summed E-state index contributed by atoms with van der Waals surface area (Å²) in [6, 6.07) is 15.5. The molecule has 2 heterocycles. The number of imidazole rings is 1. The van der Waals surface area contributed by atoms with Crippen LogP contribution in [0.15, 0.2) is 67.0 Å². The molecule has 110 valence electrons. The van der Waals surface area contributed by atoms with Gasteiger partial charge in [-0.15, -0.1) is 0 Å². The molecule has 2 aromatic heterocycles. The molecule has 0 saturated heterocycles. The fourth-order valence-corrected chi connectivity index (χ4v) is 2.32. The van der Waals surface area contributed by atoms with Crippen molar-refractivity contribution >= 4 is 11.4 Å². The molecule has 0 amide bonds. The molecule has 0 aliphatic heterocycles. The molecule has 0 saturated carbocycles. The van der Waals surface area contributed by atoms with Crippen molar-refractivity contribution in [2.75, 3.05) is 14.1 Å². The fraction of sp³-hybridized carbons (Fsp3) is 0.111. The van der Waals surface area contributed by atoms with Gasteiger partial charge in [-0.2, -0.15) is 0 Å². The number of aromatic nitrogens is 2. The van der Waals surface area contributed by atoms with Gasteiger partial charge in [-0.25, -0.2) is 4.98 Å². The maximum atomic E-state index is 12.6. The van der Waals surface area contributed by atoms with Crippen LogP contribution in [0.4, 0.5) is 0 Å². The van der Waals surface area contributed by atoms with Gasteiger partial charge in [-0.1, -0.05) is 36.4 Å². The molecule has 3 rings (SSSR count). The van der Waals surface area contributed by atoms with Crippen LogP contribution in [0, 0.1) is 0 Å². The van der Waals surface area contributed by atoms with Crippen molar-refractivity contribution in [1.82, 2.24) is 14.3 Å². The van der Waals surface area contributed by atoms with E-state index in [4.69, 9.17) is 0 Å². The van der Waals surface area contributed by atoms with Gasteiger partial charge >= 0.3 is 0 Å². The van der Waals surface area contributed by atoms with Crippen molar-refractivity contribution < 1.29 is 4.79 Å². The van der Waals surface area contributed by atoms with Gasteiger partial charge in [0.25, 0.3) is 0 Å². The van der Waals surface area contributed by atoms with E-state index in [9.17, 15) is 4.79 Å². The number of fused-ring (bicyclic) bond motifs is 1. The number of hydrogen-bond donors (Lipinski definition) is 0. The summed E-state index contributed by atoms with van der Waals surface area (Å²) in [4.78, 5) is 19.1. The number of allylic oxidation sites excluding steroid dienone is 1. The summed E-state index contributed by atoms with van der Waals surface area (Å²) in [7, 11) is 3.77. The Morgan fingerprint density at radius 3 is 2.55 bits per heavy atom. The lowest BCUT2D eigenvalue weighted by Gasteiger charge is -2.04. The van der Waals surface area contributed by atoms with Gasteiger partial charge < -0.3 is 4.90 Å². The second kappa shape index (κ2) is 5.85. The van der Waals surface area contributed by atoms with Crippen molar-refractivity contribution in [2.24, 2.45) is 0 Å². The number of carbonyl (C=O) groups excluding carboxylic acids is 1. The van der Waals surface area contributed by atoms with Gasteiger partial charge in [0.1, 0.15) is 17.0 Å². The van der Waals surface area contributed by atoms with Crippen LogP contribution in [0.3, 0.4) is 0 Å². The molecule has 4 heteroatoms. The highest BCUT2D eigenvalue weighted by molar-refractivity contribution is 6.08. The third-order valence-corrected chi connectivity index (χ3v) is 3.33. The molecule has 3 aromatic rings. The summed E-state index contributed by atoms with van der Waals surface area (Å²) in [6.07, 6.45) is 5.19. The minimum Gasteiger partial charge on any atom is -0.383 e. The summed E-state index contributed by atoms with van der Waals surface area (Å²) < 4.78 is 1.84. The van der Waals surface area contributed by atoms with E-state index in [1.165, 1.54) is 0 Å². The monoisotopic (exact) mass is 291 g/mol. The Labute approximate surface area is 129 Å². The van der Waals surface area contributed by atoms with E-state index in [-0.39, 0.29) is 5.78 Å². The van der Waals surface area contributed by atoms with Gasteiger partial charge in [-0.05, 0) is 12.1 Å². The first-order valence-electron chi connectivity index (χ1n) is 7.08. The zero-order chi connectivity index (χ0) is 15.5. The van der Waals surface area contributed by atoms with Crippen LogP contribution in [-0.2, 0) is 0 Å². The smallest absolute Gasteiger partial charge is 0.206 e. The molecule has 0 unspecified atom stereocenters. The summed E-state index contributed by atoms with van der Waals surface area (Å²) in [5.41, 5.74) is 3.00. The molecule has 1 aromatic carbocycles. The second-order valence-electron chi connectivity index (χ2n) is 5.25. The summed E-state index contributed by atoms with van der Waals surface area (Å²) in [6.45, 7) is 0. The van der Waals surface area contributed by atoms with Crippen LogP contribution in [0.2, 0.25) is 0 Å². The lowest BCUT2D eigenvalue weighted by atomic mass is 10.1. The average Bonchev–Trinajstić information content (AvgIpc) is 2.93. The van der Waals surface area contributed by atoms with Crippen LogP contribution in [0.25, 0.3) is 16.9 Å². The van der Waals surface area contributed by atoms with Gasteiger partial charge in [0.15, 0.2) is 0 Å². The minimum atomic E-state index is -0.0637. The molecular weight excluding hydrogens is 274 g/mol. The third kappa shape index (κ3) is 2.63. The summed E-state index contributed by atoms with van der Waals surface area (Å²) in [5, 5.41) is 0. The van der Waals surface area contributed by atoms with E-state index in [2.05, 4.69) is 4.98 Å². The Morgan fingerprint density at radius 1 is 1.09 bits per heavy atom. The van der Waals surface area contributed by atoms with Crippen molar-refractivity contribution in [3.63, 3.8) is 0 Å². The highest BCUT2D eigenvalue weighted by Gasteiger charge is 2.18. The molecule has 0 aliphatic rings. The Morgan fingerprint density at radius 2 is 1.82 bits per heavy atom. The van der Waals surface area contributed by atoms with Crippen molar-refractivity contribution in [3.8, 4) is 11.3 Å². The van der Waals surface area contributed by atoms with Crippen molar-refractivity contribution in [3.05, 3.63) is 72.7 Å². The normalized spacial score (nSPS) is 11.2. The highest BCUT2D eigenvalue weighted by atomic mass is 16.1. The molecule has 0 fully saturated rings.